The van der Waals surface area contributed by atoms with Gasteiger partial charge in [0.15, 0.2) is 0 Å². The predicted octanol–water partition coefficient (Wildman–Crippen LogP) is 6.94. The summed E-state index contributed by atoms with van der Waals surface area (Å²) in [5.41, 5.74) is 1.74. The van der Waals surface area contributed by atoms with Gasteiger partial charge in [-0.15, -0.1) is 0 Å². The van der Waals surface area contributed by atoms with Crippen molar-refractivity contribution < 1.29 is 17.9 Å². The summed E-state index contributed by atoms with van der Waals surface area (Å²) >= 11 is 3.49. The lowest BCUT2D eigenvalue weighted by Gasteiger charge is -2.36. The molecular formula is C30H22BrF3N8O. The first-order chi connectivity index (χ1) is 20.7. The molecule has 216 valence electrons. The second-order valence-corrected chi connectivity index (χ2v) is 10.6. The summed E-state index contributed by atoms with van der Waals surface area (Å²) in [6.07, 6.45) is -2.77. The van der Waals surface area contributed by atoms with Gasteiger partial charge >= 0.3 is 12.2 Å². The molecular weight excluding hydrogens is 625 g/mol. The van der Waals surface area contributed by atoms with E-state index in [1.165, 1.54) is 12.1 Å². The summed E-state index contributed by atoms with van der Waals surface area (Å²) in [6, 6.07) is 21.7. The highest BCUT2D eigenvalue weighted by molar-refractivity contribution is 9.10. The number of nitrogens with zero attached hydrogens (tertiary/aromatic N) is 7. The van der Waals surface area contributed by atoms with Gasteiger partial charge in [-0.3, -0.25) is 4.98 Å². The first-order valence-electron chi connectivity index (χ1n) is 13.2. The Morgan fingerprint density at radius 2 is 1.65 bits per heavy atom. The molecule has 1 aliphatic heterocycles. The molecule has 9 nitrogen and oxygen atoms in total. The Bertz CT molecular complexity index is 1820. The molecule has 0 atom stereocenters. The minimum Gasteiger partial charge on any atom is -0.423 e. The normalized spacial score (nSPS) is 13.6. The SMILES string of the molecule is N#Cc1ccc(Nc2nc(Oc3ccnc4ccc(Br)cc34)nc(N3CCN(c4cccc(C(F)(F)F)c4)CC3)n2)cc1. The molecule has 3 aromatic carbocycles. The van der Waals surface area contributed by atoms with Gasteiger partial charge in [0.1, 0.15) is 5.75 Å². The van der Waals surface area contributed by atoms with Crippen LogP contribution < -0.4 is 19.9 Å². The summed E-state index contributed by atoms with van der Waals surface area (Å²) in [7, 11) is 0. The molecule has 0 unspecified atom stereocenters. The van der Waals surface area contributed by atoms with Gasteiger partial charge in [0.2, 0.25) is 11.9 Å². The number of pyridine rings is 1. The standard InChI is InChI=1S/C30H22BrF3N8O/c31-21-6-9-25-24(17-21)26(10-11-36-25)43-29-39-27(37-22-7-4-19(18-35)5-8-22)38-28(40-29)42-14-12-41(13-15-42)23-3-1-2-20(16-23)30(32,33)34/h1-11,16-17H,12-15H2,(H,37,38,39,40). The van der Waals surface area contributed by atoms with Crippen molar-refractivity contribution in [1.82, 2.24) is 19.9 Å². The van der Waals surface area contributed by atoms with Crippen LogP contribution in [0.15, 0.2) is 83.5 Å². The highest BCUT2D eigenvalue weighted by Crippen LogP contribution is 2.33. The number of hydrogen-bond donors (Lipinski definition) is 1. The zero-order chi connectivity index (χ0) is 30.0. The quantitative estimate of drug-likeness (QED) is 0.210. The maximum Gasteiger partial charge on any atom is 0.416 e. The van der Waals surface area contributed by atoms with Crippen molar-refractivity contribution in [3.05, 3.63) is 94.6 Å². The number of halogens is 4. The van der Waals surface area contributed by atoms with Gasteiger partial charge in [-0.2, -0.15) is 33.4 Å². The first-order valence-corrected chi connectivity index (χ1v) is 14.0. The Hall–Kier alpha value is -4.96. The number of rotatable bonds is 6. The van der Waals surface area contributed by atoms with Crippen LogP contribution in [-0.2, 0) is 6.18 Å². The van der Waals surface area contributed by atoms with Crippen LogP contribution in [0.3, 0.4) is 0 Å². The molecule has 3 heterocycles. The van der Waals surface area contributed by atoms with Crippen LogP contribution in [0.25, 0.3) is 10.9 Å². The van der Waals surface area contributed by atoms with Crippen LogP contribution in [0.2, 0.25) is 0 Å². The Labute approximate surface area is 252 Å². The van der Waals surface area contributed by atoms with Crippen LogP contribution in [0.5, 0.6) is 11.8 Å². The summed E-state index contributed by atoms with van der Waals surface area (Å²) < 4.78 is 46.8. The van der Waals surface area contributed by atoms with Crippen LogP contribution in [0.1, 0.15) is 11.1 Å². The molecule has 0 spiro atoms. The van der Waals surface area contributed by atoms with Gasteiger partial charge in [-0.05, 0) is 66.7 Å². The minimum absolute atomic E-state index is 0.0499. The maximum atomic E-state index is 13.3. The molecule has 2 aromatic heterocycles. The number of alkyl halides is 3. The molecule has 6 rings (SSSR count). The van der Waals surface area contributed by atoms with E-state index in [0.29, 0.717) is 54.8 Å². The molecule has 0 aliphatic carbocycles. The number of aromatic nitrogens is 4. The fourth-order valence-corrected chi connectivity index (χ4v) is 5.03. The molecule has 0 bridgehead atoms. The number of nitriles is 1. The monoisotopic (exact) mass is 646 g/mol. The lowest BCUT2D eigenvalue weighted by atomic mass is 10.1. The molecule has 0 saturated carbocycles. The van der Waals surface area contributed by atoms with E-state index in [-0.39, 0.29) is 12.0 Å². The largest absolute Gasteiger partial charge is 0.423 e. The number of anilines is 4. The van der Waals surface area contributed by atoms with Gasteiger partial charge in [0.05, 0.1) is 22.7 Å². The highest BCUT2D eigenvalue weighted by Gasteiger charge is 2.31. The second kappa shape index (κ2) is 11.7. The molecule has 1 saturated heterocycles. The highest BCUT2D eigenvalue weighted by atomic mass is 79.9. The van der Waals surface area contributed by atoms with E-state index in [1.54, 1.807) is 42.6 Å². The molecule has 0 radical (unpaired) electrons. The van der Waals surface area contributed by atoms with Crippen molar-refractivity contribution in [1.29, 1.82) is 5.26 Å². The van der Waals surface area contributed by atoms with Gasteiger partial charge < -0.3 is 19.9 Å². The van der Waals surface area contributed by atoms with Crippen molar-refractivity contribution in [2.75, 3.05) is 41.3 Å². The van der Waals surface area contributed by atoms with Crippen molar-refractivity contribution in [2.24, 2.45) is 0 Å². The summed E-state index contributed by atoms with van der Waals surface area (Å²) in [5, 5.41) is 13.0. The average Bonchev–Trinajstić information content (AvgIpc) is 3.01. The van der Waals surface area contributed by atoms with E-state index < -0.39 is 11.7 Å². The van der Waals surface area contributed by atoms with Crippen LogP contribution in [-0.4, -0.2) is 46.1 Å². The Morgan fingerprint density at radius 3 is 2.40 bits per heavy atom. The third kappa shape index (κ3) is 6.44. The summed E-state index contributed by atoms with van der Waals surface area (Å²) in [6.45, 7) is 1.84. The first kappa shape index (κ1) is 28.2. The predicted molar refractivity (Wildman–Crippen MR) is 160 cm³/mol. The van der Waals surface area contributed by atoms with Gasteiger partial charge in [0.25, 0.3) is 0 Å². The topological polar surface area (TPSA) is 103 Å². The van der Waals surface area contributed by atoms with E-state index in [2.05, 4.69) is 47.3 Å². The van der Waals surface area contributed by atoms with Gasteiger partial charge in [-0.1, -0.05) is 22.0 Å². The molecule has 5 aromatic rings. The number of fused-ring (bicyclic) bond motifs is 1. The third-order valence-corrected chi connectivity index (χ3v) is 7.33. The van der Waals surface area contributed by atoms with Crippen LogP contribution in [0.4, 0.5) is 36.4 Å². The maximum absolute atomic E-state index is 13.3. The van der Waals surface area contributed by atoms with Gasteiger partial charge in [0, 0.05) is 53.6 Å². The average molecular weight is 647 g/mol. The van der Waals surface area contributed by atoms with Crippen molar-refractivity contribution in [3.63, 3.8) is 0 Å². The van der Waals surface area contributed by atoms with Crippen molar-refractivity contribution >= 4 is 50.1 Å². The number of ether oxygens (including phenoxy) is 1. The van der Waals surface area contributed by atoms with E-state index in [0.717, 1.165) is 21.4 Å². The lowest BCUT2D eigenvalue weighted by molar-refractivity contribution is -0.137. The fourth-order valence-electron chi connectivity index (χ4n) is 4.67. The number of piperazine rings is 1. The van der Waals surface area contributed by atoms with E-state index in [9.17, 15) is 13.2 Å². The molecule has 1 fully saturated rings. The third-order valence-electron chi connectivity index (χ3n) is 6.84. The van der Waals surface area contributed by atoms with Crippen molar-refractivity contribution in [2.45, 2.75) is 6.18 Å². The summed E-state index contributed by atoms with van der Waals surface area (Å²) in [4.78, 5) is 21.9. The van der Waals surface area contributed by atoms with E-state index >= 15 is 0 Å². The smallest absolute Gasteiger partial charge is 0.416 e. The van der Waals surface area contributed by atoms with Crippen molar-refractivity contribution in [3.8, 4) is 17.8 Å². The minimum atomic E-state index is -4.41. The number of nitrogens with one attached hydrogen (secondary N) is 1. The lowest BCUT2D eigenvalue weighted by Crippen LogP contribution is -2.47. The zero-order valence-corrected chi connectivity index (χ0v) is 24.0. The molecule has 43 heavy (non-hydrogen) atoms. The fraction of sp³-hybridized carbons (Fsp3) is 0.167. The number of hydrogen-bond acceptors (Lipinski definition) is 9. The Morgan fingerprint density at radius 1 is 0.884 bits per heavy atom. The Balaban J connectivity index is 1.28. The molecule has 1 aliphatic rings. The van der Waals surface area contributed by atoms with E-state index in [4.69, 9.17) is 10.00 Å². The number of benzene rings is 3. The molecule has 1 N–H and O–H groups in total. The molecule has 0 amide bonds. The van der Waals surface area contributed by atoms with E-state index in [1.807, 2.05) is 28.0 Å². The zero-order valence-electron chi connectivity index (χ0n) is 22.4. The summed E-state index contributed by atoms with van der Waals surface area (Å²) in [5.74, 6) is 1.08. The Kier molecular flexibility index (Phi) is 7.69. The van der Waals surface area contributed by atoms with Crippen LogP contribution in [0, 0.1) is 11.3 Å². The molecule has 13 heteroatoms. The van der Waals surface area contributed by atoms with Crippen LogP contribution >= 0.6 is 15.9 Å². The second-order valence-electron chi connectivity index (χ2n) is 9.65. The van der Waals surface area contributed by atoms with Gasteiger partial charge in [-0.25, -0.2) is 0 Å².